The molecule has 0 radical (unpaired) electrons. The molecule has 3 rings (SSSR count). The highest BCUT2D eigenvalue weighted by Gasteiger charge is 2.38. The lowest BCUT2D eigenvalue weighted by Gasteiger charge is -2.32. The van der Waals surface area contributed by atoms with Crippen LogP contribution in [-0.2, 0) is 19.6 Å². The van der Waals surface area contributed by atoms with E-state index in [0.29, 0.717) is 36.6 Å². The molecule has 2 saturated heterocycles. The van der Waals surface area contributed by atoms with Crippen molar-refractivity contribution >= 4 is 33.2 Å². The minimum Gasteiger partial charge on any atom is -0.481 e. The molecule has 1 aromatic heterocycles. The molecule has 0 bridgehead atoms. The molecule has 7 nitrogen and oxygen atoms in total. The number of thiophene rings is 1. The summed E-state index contributed by atoms with van der Waals surface area (Å²) in [5.41, 5.74) is 0. The number of sulfonamides is 1. The van der Waals surface area contributed by atoms with Crippen LogP contribution in [0.5, 0.6) is 0 Å². The van der Waals surface area contributed by atoms with Gasteiger partial charge in [0.05, 0.1) is 11.8 Å². The van der Waals surface area contributed by atoms with Crippen LogP contribution in [-0.4, -0.2) is 60.8 Å². The first-order valence-corrected chi connectivity index (χ1v) is 10.6. The lowest BCUT2D eigenvalue weighted by Crippen LogP contribution is -2.46. The van der Waals surface area contributed by atoms with Gasteiger partial charge >= 0.3 is 5.97 Å². The Hall–Kier alpha value is -1.45. The third kappa shape index (κ3) is 3.73. The summed E-state index contributed by atoms with van der Waals surface area (Å²) in [5.74, 6) is -1.90. The summed E-state index contributed by atoms with van der Waals surface area (Å²) in [6, 6.07) is 3.39. The minimum atomic E-state index is -3.57. The first-order valence-electron chi connectivity index (χ1n) is 8.37. The second kappa shape index (κ2) is 7.05. The van der Waals surface area contributed by atoms with E-state index < -0.39 is 27.8 Å². The van der Waals surface area contributed by atoms with Crippen LogP contribution < -0.4 is 0 Å². The average molecular weight is 386 g/mol. The fourth-order valence-corrected chi connectivity index (χ4v) is 6.42. The predicted molar refractivity (Wildman–Crippen MR) is 92.9 cm³/mol. The Morgan fingerprint density at radius 1 is 1.16 bits per heavy atom. The molecule has 1 amide bonds. The molecule has 0 spiro atoms. The van der Waals surface area contributed by atoms with Gasteiger partial charge in [-0.3, -0.25) is 9.59 Å². The van der Waals surface area contributed by atoms with Crippen molar-refractivity contribution in [1.82, 2.24) is 9.21 Å². The largest absolute Gasteiger partial charge is 0.481 e. The molecule has 9 heteroatoms. The summed E-state index contributed by atoms with van der Waals surface area (Å²) in [7, 11) is -3.57. The number of nitrogens with zero attached hydrogens (tertiary/aromatic N) is 2. The van der Waals surface area contributed by atoms with Crippen LogP contribution >= 0.6 is 11.3 Å². The van der Waals surface area contributed by atoms with E-state index in [2.05, 4.69) is 0 Å². The van der Waals surface area contributed by atoms with Crippen LogP contribution in [0, 0.1) is 18.8 Å². The molecule has 0 aliphatic carbocycles. The Labute approximate surface area is 151 Å². The number of hydrogen-bond acceptors (Lipinski definition) is 5. The first kappa shape index (κ1) is 18.3. The SMILES string of the molecule is Cc1ccc(S(=O)(=O)N2CCCC(C(=O)N3CCC(C(=O)O)C3)C2)s1. The fraction of sp³-hybridized carbons (Fsp3) is 0.625. The molecule has 2 aliphatic heterocycles. The van der Waals surface area contributed by atoms with Gasteiger partial charge in [0, 0.05) is 31.1 Å². The van der Waals surface area contributed by atoms with Crippen LogP contribution in [0.3, 0.4) is 0 Å². The Morgan fingerprint density at radius 2 is 1.92 bits per heavy atom. The number of carbonyl (C=O) groups excluding carboxylic acids is 1. The Balaban J connectivity index is 1.69. The lowest BCUT2D eigenvalue weighted by atomic mass is 9.98. The molecule has 25 heavy (non-hydrogen) atoms. The van der Waals surface area contributed by atoms with Crippen LogP contribution in [0.4, 0.5) is 0 Å². The van der Waals surface area contributed by atoms with Crippen molar-refractivity contribution in [3.63, 3.8) is 0 Å². The Morgan fingerprint density at radius 3 is 2.52 bits per heavy atom. The summed E-state index contributed by atoms with van der Waals surface area (Å²) < 4.78 is 27.2. The molecule has 0 saturated carbocycles. The van der Waals surface area contributed by atoms with Crippen molar-refractivity contribution < 1.29 is 23.1 Å². The molecule has 2 aliphatic rings. The van der Waals surface area contributed by atoms with Gasteiger partial charge in [0.1, 0.15) is 4.21 Å². The second-order valence-electron chi connectivity index (χ2n) is 6.68. The van der Waals surface area contributed by atoms with Gasteiger partial charge in [0.15, 0.2) is 0 Å². The maximum Gasteiger partial charge on any atom is 0.308 e. The molecule has 138 valence electrons. The van der Waals surface area contributed by atoms with Crippen LogP contribution in [0.2, 0.25) is 0 Å². The normalized spacial score (nSPS) is 25.2. The van der Waals surface area contributed by atoms with Gasteiger partial charge < -0.3 is 10.0 Å². The number of aryl methyl sites for hydroxylation is 1. The highest BCUT2D eigenvalue weighted by atomic mass is 32.2. The Kier molecular flexibility index (Phi) is 5.17. The van der Waals surface area contributed by atoms with E-state index in [9.17, 15) is 18.0 Å². The molecule has 2 unspecified atom stereocenters. The molecule has 1 N–H and O–H groups in total. The summed E-state index contributed by atoms with van der Waals surface area (Å²) in [6.07, 6.45) is 1.74. The number of rotatable bonds is 4. The first-order chi connectivity index (χ1) is 11.8. The van der Waals surface area contributed by atoms with E-state index in [1.807, 2.05) is 6.92 Å². The topological polar surface area (TPSA) is 95.0 Å². The monoisotopic (exact) mass is 386 g/mol. The number of aliphatic carboxylic acids is 1. The third-order valence-corrected chi connectivity index (χ3v) is 8.23. The van der Waals surface area contributed by atoms with Crippen molar-refractivity contribution in [3.05, 3.63) is 17.0 Å². The summed E-state index contributed by atoms with van der Waals surface area (Å²) >= 11 is 1.24. The Bertz CT molecular complexity index is 773. The van der Waals surface area contributed by atoms with E-state index in [1.165, 1.54) is 15.6 Å². The molecular formula is C16H22N2O5S2. The third-order valence-electron chi connectivity index (χ3n) is 4.89. The van der Waals surface area contributed by atoms with Gasteiger partial charge in [-0.2, -0.15) is 4.31 Å². The van der Waals surface area contributed by atoms with Crippen molar-refractivity contribution in [3.8, 4) is 0 Å². The summed E-state index contributed by atoms with van der Waals surface area (Å²) in [5, 5.41) is 9.08. The maximum atomic E-state index is 12.8. The highest BCUT2D eigenvalue weighted by molar-refractivity contribution is 7.91. The zero-order valence-corrected chi connectivity index (χ0v) is 15.7. The zero-order valence-electron chi connectivity index (χ0n) is 14.1. The number of likely N-dealkylation sites (tertiary alicyclic amines) is 1. The quantitative estimate of drug-likeness (QED) is 0.844. The number of hydrogen-bond donors (Lipinski definition) is 1. The van der Waals surface area contributed by atoms with Gasteiger partial charge in [0.2, 0.25) is 5.91 Å². The van der Waals surface area contributed by atoms with E-state index >= 15 is 0 Å². The van der Waals surface area contributed by atoms with Gasteiger partial charge in [-0.1, -0.05) is 0 Å². The number of carboxylic acids is 1. The summed E-state index contributed by atoms with van der Waals surface area (Å²) in [4.78, 5) is 26.3. The standard InChI is InChI=1S/C16H22N2O5S2/c1-11-4-5-14(24-11)25(22,23)18-7-2-3-12(10-18)15(19)17-8-6-13(9-17)16(20)21/h4-5,12-13H,2-3,6-10H2,1H3,(H,20,21). The minimum absolute atomic E-state index is 0.119. The van der Waals surface area contributed by atoms with E-state index in [4.69, 9.17) is 5.11 Å². The van der Waals surface area contributed by atoms with Gasteiger partial charge in [0.25, 0.3) is 10.0 Å². The number of piperidine rings is 1. The van der Waals surface area contributed by atoms with Crippen LogP contribution in [0.15, 0.2) is 16.3 Å². The predicted octanol–water partition coefficient (Wildman–Crippen LogP) is 1.39. The summed E-state index contributed by atoms with van der Waals surface area (Å²) in [6.45, 7) is 3.11. The van der Waals surface area contributed by atoms with E-state index in [0.717, 1.165) is 4.88 Å². The smallest absolute Gasteiger partial charge is 0.308 e. The molecule has 1 aromatic rings. The molecule has 3 heterocycles. The van der Waals surface area contributed by atoms with Crippen molar-refractivity contribution in [1.29, 1.82) is 0 Å². The highest BCUT2D eigenvalue weighted by Crippen LogP contribution is 2.29. The lowest BCUT2D eigenvalue weighted by molar-refractivity contribution is -0.141. The van der Waals surface area contributed by atoms with Crippen LogP contribution in [0.1, 0.15) is 24.1 Å². The second-order valence-corrected chi connectivity index (χ2v) is 10.1. The average Bonchev–Trinajstić information content (AvgIpc) is 3.23. The number of carboxylic acid groups (broad SMARTS) is 1. The van der Waals surface area contributed by atoms with Gasteiger partial charge in [-0.05, 0) is 38.3 Å². The molecular weight excluding hydrogens is 364 g/mol. The zero-order chi connectivity index (χ0) is 18.2. The number of amides is 1. The van der Waals surface area contributed by atoms with Crippen molar-refractivity contribution in [2.45, 2.75) is 30.4 Å². The maximum absolute atomic E-state index is 12.8. The fourth-order valence-electron chi connectivity index (χ4n) is 3.46. The molecule has 2 atom stereocenters. The molecule has 2 fully saturated rings. The van der Waals surface area contributed by atoms with Crippen LogP contribution in [0.25, 0.3) is 0 Å². The van der Waals surface area contributed by atoms with Gasteiger partial charge in [-0.15, -0.1) is 11.3 Å². The van der Waals surface area contributed by atoms with Crippen molar-refractivity contribution in [2.75, 3.05) is 26.2 Å². The van der Waals surface area contributed by atoms with E-state index in [-0.39, 0.29) is 19.0 Å². The van der Waals surface area contributed by atoms with Gasteiger partial charge in [-0.25, -0.2) is 8.42 Å². The number of carbonyl (C=O) groups is 2. The molecule has 0 aromatic carbocycles. The van der Waals surface area contributed by atoms with Crippen molar-refractivity contribution in [2.24, 2.45) is 11.8 Å². The van der Waals surface area contributed by atoms with E-state index in [1.54, 1.807) is 17.0 Å².